The lowest BCUT2D eigenvalue weighted by Crippen LogP contribution is -2.20. The van der Waals surface area contributed by atoms with E-state index in [-0.39, 0.29) is 18.0 Å². The summed E-state index contributed by atoms with van der Waals surface area (Å²) in [4.78, 5) is 11.8. The maximum absolute atomic E-state index is 11.8. The Bertz CT molecular complexity index is 345. The molecular weight excluding hydrogens is 200 g/mol. The first-order valence-corrected chi connectivity index (χ1v) is 5.98. The molecule has 0 bridgehead atoms. The Morgan fingerprint density at radius 2 is 2.06 bits per heavy atom. The summed E-state index contributed by atoms with van der Waals surface area (Å²) in [7, 11) is 0. The third-order valence-corrected chi connectivity index (χ3v) is 3.09. The summed E-state index contributed by atoms with van der Waals surface area (Å²) in [6, 6.07) is 10.1. The summed E-state index contributed by atoms with van der Waals surface area (Å²) >= 11 is 0. The molecule has 0 N–H and O–H groups in total. The van der Waals surface area contributed by atoms with E-state index in [1.54, 1.807) is 0 Å². The molecule has 2 atom stereocenters. The van der Waals surface area contributed by atoms with Crippen LogP contribution in [-0.2, 0) is 16.0 Å². The highest BCUT2D eigenvalue weighted by Gasteiger charge is 2.27. The fourth-order valence-corrected chi connectivity index (χ4v) is 2.11. The Morgan fingerprint density at radius 1 is 1.31 bits per heavy atom. The highest BCUT2D eigenvalue weighted by molar-refractivity contribution is 5.83. The second-order valence-corrected chi connectivity index (χ2v) is 4.46. The molecule has 1 aromatic rings. The molecular formula is C14H18O2. The van der Waals surface area contributed by atoms with Crippen LogP contribution in [0.3, 0.4) is 0 Å². The van der Waals surface area contributed by atoms with E-state index in [1.807, 2.05) is 25.1 Å². The van der Waals surface area contributed by atoms with Gasteiger partial charge in [0, 0.05) is 6.42 Å². The van der Waals surface area contributed by atoms with Crippen LogP contribution in [0.4, 0.5) is 0 Å². The average Bonchev–Trinajstić information content (AvgIpc) is 2.74. The number of aryl methyl sites for hydroxylation is 1. The van der Waals surface area contributed by atoms with Crippen molar-refractivity contribution in [2.24, 2.45) is 0 Å². The maximum Gasteiger partial charge on any atom is 0.161 e. The number of rotatable bonds is 4. The van der Waals surface area contributed by atoms with Crippen molar-refractivity contribution < 1.29 is 9.53 Å². The van der Waals surface area contributed by atoms with Crippen molar-refractivity contribution in [2.75, 3.05) is 0 Å². The molecule has 1 aliphatic heterocycles. The minimum Gasteiger partial charge on any atom is -0.368 e. The van der Waals surface area contributed by atoms with Crippen molar-refractivity contribution >= 4 is 5.78 Å². The van der Waals surface area contributed by atoms with Gasteiger partial charge < -0.3 is 4.74 Å². The van der Waals surface area contributed by atoms with E-state index in [2.05, 4.69) is 12.1 Å². The standard InChI is InChI=1S/C14H18O2/c1-11-7-10-14(16-11)13(15)9-8-12-5-3-2-4-6-12/h2-6,11,14H,7-10H2,1H3. The van der Waals surface area contributed by atoms with Crippen molar-refractivity contribution in [3.63, 3.8) is 0 Å². The zero-order valence-electron chi connectivity index (χ0n) is 9.69. The lowest BCUT2D eigenvalue weighted by molar-refractivity contribution is -0.129. The molecule has 0 aromatic heterocycles. The number of hydrogen-bond acceptors (Lipinski definition) is 2. The number of ketones is 1. The second kappa shape index (κ2) is 5.26. The fourth-order valence-electron chi connectivity index (χ4n) is 2.11. The molecule has 1 fully saturated rings. The van der Waals surface area contributed by atoms with Crippen molar-refractivity contribution in [3.8, 4) is 0 Å². The van der Waals surface area contributed by atoms with Gasteiger partial charge in [0.2, 0.25) is 0 Å². The Morgan fingerprint density at radius 3 is 2.69 bits per heavy atom. The predicted octanol–water partition coefficient (Wildman–Crippen LogP) is 2.76. The Balaban J connectivity index is 1.80. The number of Topliss-reactive ketones (excluding diaryl/α,β-unsaturated/α-hetero) is 1. The average molecular weight is 218 g/mol. The summed E-state index contributed by atoms with van der Waals surface area (Å²) in [6.45, 7) is 2.03. The highest BCUT2D eigenvalue weighted by atomic mass is 16.5. The number of carbonyl (C=O) groups excluding carboxylic acids is 1. The lowest BCUT2D eigenvalue weighted by atomic mass is 10.0. The van der Waals surface area contributed by atoms with Crippen LogP contribution in [0.15, 0.2) is 30.3 Å². The topological polar surface area (TPSA) is 26.3 Å². The molecule has 2 rings (SSSR count). The van der Waals surface area contributed by atoms with Crippen molar-refractivity contribution in [1.29, 1.82) is 0 Å². The van der Waals surface area contributed by atoms with Gasteiger partial charge in [-0.05, 0) is 31.7 Å². The number of hydrogen-bond donors (Lipinski definition) is 0. The van der Waals surface area contributed by atoms with Crippen molar-refractivity contribution in [1.82, 2.24) is 0 Å². The number of benzene rings is 1. The summed E-state index contributed by atoms with van der Waals surface area (Å²) in [5.41, 5.74) is 1.22. The van der Waals surface area contributed by atoms with Gasteiger partial charge in [-0.2, -0.15) is 0 Å². The quantitative estimate of drug-likeness (QED) is 0.776. The van der Waals surface area contributed by atoms with Gasteiger partial charge in [-0.3, -0.25) is 4.79 Å². The summed E-state index contributed by atoms with van der Waals surface area (Å²) in [5, 5.41) is 0. The van der Waals surface area contributed by atoms with Crippen LogP contribution in [0.25, 0.3) is 0 Å². The first kappa shape index (κ1) is 11.3. The van der Waals surface area contributed by atoms with Gasteiger partial charge in [-0.25, -0.2) is 0 Å². The predicted molar refractivity (Wildman–Crippen MR) is 63.3 cm³/mol. The van der Waals surface area contributed by atoms with E-state index in [1.165, 1.54) is 5.56 Å². The normalized spacial score (nSPS) is 24.6. The molecule has 1 aromatic carbocycles. The molecule has 2 unspecified atom stereocenters. The SMILES string of the molecule is CC1CCC(C(=O)CCc2ccccc2)O1. The van der Waals surface area contributed by atoms with Gasteiger partial charge in [0.05, 0.1) is 6.10 Å². The third kappa shape index (κ3) is 2.92. The Hall–Kier alpha value is -1.15. The van der Waals surface area contributed by atoms with E-state index in [4.69, 9.17) is 4.74 Å². The monoisotopic (exact) mass is 218 g/mol. The molecule has 0 radical (unpaired) electrons. The second-order valence-electron chi connectivity index (χ2n) is 4.46. The van der Waals surface area contributed by atoms with Gasteiger partial charge in [-0.15, -0.1) is 0 Å². The van der Waals surface area contributed by atoms with E-state index >= 15 is 0 Å². The van der Waals surface area contributed by atoms with Crippen LogP contribution in [0.2, 0.25) is 0 Å². The van der Waals surface area contributed by atoms with Gasteiger partial charge in [0.25, 0.3) is 0 Å². The smallest absolute Gasteiger partial charge is 0.161 e. The van der Waals surface area contributed by atoms with Crippen LogP contribution >= 0.6 is 0 Å². The van der Waals surface area contributed by atoms with Crippen LogP contribution in [0, 0.1) is 0 Å². The minimum atomic E-state index is -0.140. The highest BCUT2D eigenvalue weighted by Crippen LogP contribution is 2.21. The van der Waals surface area contributed by atoms with Crippen molar-refractivity contribution in [2.45, 2.75) is 44.8 Å². The van der Waals surface area contributed by atoms with Crippen LogP contribution in [-0.4, -0.2) is 18.0 Å². The number of carbonyl (C=O) groups is 1. The molecule has 16 heavy (non-hydrogen) atoms. The molecule has 86 valence electrons. The molecule has 1 heterocycles. The molecule has 2 nitrogen and oxygen atoms in total. The molecule has 0 amide bonds. The third-order valence-electron chi connectivity index (χ3n) is 3.09. The summed E-state index contributed by atoms with van der Waals surface area (Å²) in [5.74, 6) is 0.258. The first-order chi connectivity index (χ1) is 7.75. The fraction of sp³-hybridized carbons (Fsp3) is 0.500. The van der Waals surface area contributed by atoms with E-state index in [0.717, 1.165) is 19.3 Å². The largest absolute Gasteiger partial charge is 0.368 e. The number of ether oxygens (including phenoxy) is 1. The van der Waals surface area contributed by atoms with Crippen LogP contribution < -0.4 is 0 Å². The van der Waals surface area contributed by atoms with Gasteiger partial charge in [0.15, 0.2) is 5.78 Å². The van der Waals surface area contributed by atoms with E-state index < -0.39 is 0 Å². The van der Waals surface area contributed by atoms with Crippen molar-refractivity contribution in [3.05, 3.63) is 35.9 Å². The van der Waals surface area contributed by atoms with Gasteiger partial charge >= 0.3 is 0 Å². The van der Waals surface area contributed by atoms with Crippen LogP contribution in [0.1, 0.15) is 31.7 Å². The molecule has 0 spiro atoms. The summed E-state index contributed by atoms with van der Waals surface area (Å²) in [6.07, 6.45) is 3.45. The van der Waals surface area contributed by atoms with E-state index in [0.29, 0.717) is 6.42 Å². The zero-order chi connectivity index (χ0) is 11.4. The molecule has 2 heteroatoms. The molecule has 0 saturated carbocycles. The lowest BCUT2D eigenvalue weighted by Gasteiger charge is -2.09. The van der Waals surface area contributed by atoms with Gasteiger partial charge in [-0.1, -0.05) is 30.3 Å². The Kier molecular flexibility index (Phi) is 3.73. The molecule has 1 aliphatic rings. The molecule has 0 aliphatic carbocycles. The maximum atomic E-state index is 11.8. The Labute approximate surface area is 96.6 Å². The van der Waals surface area contributed by atoms with Gasteiger partial charge in [0.1, 0.15) is 6.10 Å². The minimum absolute atomic E-state index is 0.140. The van der Waals surface area contributed by atoms with E-state index in [9.17, 15) is 4.79 Å². The summed E-state index contributed by atoms with van der Waals surface area (Å²) < 4.78 is 5.56. The zero-order valence-corrected chi connectivity index (χ0v) is 9.69. The molecule has 1 saturated heterocycles. The first-order valence-electron chi connectivity index (χ1n) is 5.98. The van der Waals surface area contributed by atoms with Crippen LogP contribution in [0.5, 0.6) is 0 Å².